The second kappa shape index (κ2) is 8.77. The SMILES string of the molecule is COC(=O)[C@]1(c2ccc([N+](=O)[O-])cc2)N2C(=O)[C@@H](NC(=O)COc3ccccc3)[C@H]2[S@@](=O)C1(C)C. The maximum absolute atomic E-state index is 13.6. The van der Waals surface area contributed by atoms with Gasteiger partial charge in [-0.3, -0.25) is 23.9 Å². The monoisotopic (exact) mass is 501 g/mol. The van der Waals surface area contributed by atoms with Crippen molar-refractivity contribution in [2.24, 2.45) is 0 Å². The Hall–Kier alpha value is -3.80. The van der Waals surface area contributed by atoms with Crippen LogP contribution in [0.4, 0.5) is 5.69 Å². The molecular formula is C23H23N3O8S. The number of rotatable bonds is 7. The molecule has 2 aliphatic heterocycles. The van der Waals surface area contributed by atoms with E-state index in [2.05, 4.69) is 5.32 Å². The van der Waals surface area contributed by atoms with Gasteiger partial charge in [0.2, 0.25) is 0 Å². The van der Waals surface area contributed by atoms with Gasteiger partial charge in [0.25, 0.3) is 17.5 Å². The van der Waals surface area contributed by atoms with Crippen LogP contribution in [0.25, 0.3) is 0 Å². The normalized spacial score (nSPS) is 26.3. The highest BCUT2D eigenvalue weighted by molar-refractivity contribution is 7.87. The fourth-order valence-corrected chi connectivity index (χ4v) is 6.79. The zero-order valence-corrected chi connectivity index (χ0v) is 19.9. The van der Waals surface area contributed by atoms with Crippen LogP contribution in [0, 0.1) is 10.1 Å². The zero-order valence-electron chi connectivity index (χ0n) is 19.1. The Bertz CT molecular complexity index is 1220. The summed E-state index contributed by atoms with van der Waals surface area (Å²) < 4.78 is 22.7. The van der Waals surface area contributed by atoms with Crippen molar-refractivity contribution < 1.29 is 33.0 Å². The van der Waals surface area contributed by atoms with E-state index in [1.54, 1.807) is 44.2 Å². The highest BCUT2D eigenvalue weighted by atomic mass is 32.2. The van der Waals surface area contributed by atoms with E-state index in [4.69, 9.17) is 9.47 Å². The average molecular weight is 502 g/mol. The van der Waals surface area contributed by atoms with Gasteiger partial charge in [-0.05, 0) is 43.7 Å². The van der Waals surface area contributed by atoms with Gasteiger partial charge in [0, 0.05) is 12.1 Å². The number of hydrogen-bond donors (Lipinski definition) is 1. The van der Waals surface area contributed by atoms with Gasteiger partial charge in [0.1, 0.15) is 17.2 Å². The lowest BCUT2D eigenvalue weighted by Crippen LogP contribution is -2.74. The smallest absolute Gasteiger partial charge is 0.338 e. The van der Waals surface area contributed by atoms with Crippen LogP contribution < -0.4 is 10.1 Å². The molecule has 0 aliphatic carbocycles. The molecule has 2 aromatic rings. The largest absolute Gasteiger partial charge is 0.484 e. The number of amides is 2. The summed E-state index contributed by atoms with van der Waals surface area (Å²) in [5.74, 6) is -1.58. The maximum atomic E-state index is 13.6. The molecule has 12 heteroatoms. The van der Waals surface area contributed by atoms with Crippen LogP contribution in [0.3, 0.4) is 0 Å². The van der Waals surface area contributed by atoms with Crippen LogP contribution in [0.1, 0.15) is 19.4 Å². The molecule has 2 fully saturated rings. The lowest BCUT2D eigenvalue weighted by molar-refractivity contribution is -0.384. The minimum Gasteiger partial charge on any atom is -0.484 e. The van der Waals surface area contributed by atoms with Crippen molar-refractivity contribution in [3.05, 3.63) is 70.3 Å². The Morgan fingerprint density at radius 3 is 2.34 bits per heavy atom. The van der Waals surface area contributed by atoms with E-state index in [1.165, 1.54) is 29.2 Å². The molecule has 2 aromatic carbocycles. The Balaban J connectivity index is 1.64. The number of hydrogen-bond acceptors (Lipinski definition) is 8. The summed E-state index contributed by atoms with van der Waals surface area (Å²) in [6, 6.07) is 12.6. The molecule has 184 valence electrons. The van der Waals surface area contributed by atoms with Crippen molar-refractivity contribution in [3.63, 3.8) is 0 Å². The molecule has 0 bridgehead atoms. The van der Waals surface area contributed by atoms with Crippen molar-refractivity contribution in [2.45, 2.75) is 35.5 Å². The summed E-state index contributed by atoms with van der Waals surface area (Å²) in [5, 5.41) is 12.7. The number of esters is 1. The zero-order chi connectivity index (χ0) is 25.5. The molecule has 2 aliphatic rings. The number of nitrogens with one attached hydrogen (secondary N) is 1. The Morgan fingerprint density at radius 2 is 1.77 bits per heavy atom. The molecule has 0 spiro atoms. The third-order valence-corrected chi connectivity index (χ3v) is 8.63. The second-order valence-corrected chi connectivity index (χ2v) is 10.7. The lowest BCUT2D eigenvalue weighted by Gasteiger charge is -2.49. The minimum absolute atomic E-state index is 0.208. The molecule has 2 heterocycles. The first-order valence-corrected chi connectivity index (χ1v) is 11.8. The van der Waals surface area contributed by atoms with Gasteiger partial charge in [0.15, 0.2) is 12.1 Å². The van der Waals surface area contributed by atoms with E-state index in [1.807, 2.05) is 0 Å². The number of benzene rings is 2. The van der Waals surface area contributed by atoms with Crippen LogP contribution in [0.5, 0.6) is 5.75 Å². The molecular weight excluding hydrogens is 478 g/mol. The molecule has 11 nitrogen and oxygen atoms in total. The first kappa shape index (κ1) is 24.3. The van der Waals surface area contributed by atoms with Gasteiger partial charge in [-0.1, -0.05) is 18.2 Å². The van der Waals surface area contributed by atoms with Crippen LogP contribution in [0.2, 0.25) is 0 Å². The molecule has 4 atom stereocenters. The fourth-order valence-electron chi connectivity index (χ4n) is 4.71. The molecule has 2 saturated heterocycles. The minimum atomic E-state index is -1.82. The topological polar surface area (TPSA) is 145 Å². The van der Waals surface area contributed by atoms with Crippen molar-refractivity contribution >= 4 is 34.3 Å². The standard InChI is InChI=1S/C23H23N3O8S/c1-22(2)23(21(29)33-3,14-9-11-15(12-10-14)26(30)31)25-19(28)18(20(25)35(22)32)24-17(27)13-34-16-7-5-4-6-8-16/h4-12,18,20H,13H2,1-3H3,(H,24,27)/t18-,20-,23+,35-/m1/s1. The Labute approximate surface area is 203 Å². The van der Waals surface area contributed by atoms with Gasteiger partial charge in [0.05, 0.1) is 27.6 Å². The Morgan fingerprint density at radius 1 is 1.14 bits per heavy atom. The van der Waals surface area contributed by atoms with Gasteiger partial charge in [-0.15, -0.1) is 0 Å². The number of non-ortho nitro benzene ring substituents is 1. The average Bonchev–Trinajstić information content (AvgIpc) is 3.02. The predicted molar refractivity (Wildman–Crippen MR) is 124 cm³/mol. The number of fused-ring (bicyclic) bond motifs is 1. The third kappa shape index (κ3) is 3.55. The van der Waals surface area contributed by atoms with E-state index in [0.29, 0.717) is 5.75 Å². The number of nitro groups is 1. The number of para-hydroxylation sites is 1. The highest BCUT2D eigenvalue weighted by Crippen LogP contribution is 2.56. The van der Waals surface area contributed by atoms with Crippen LogP contribution in [0.15, 0.2) is 54.6 Å². The summed E-state index contributed by atoms with van der Waals surface area (Å²) in [7, 11) is -0.675. The van der Waals surface area contributed by atoms with E-state index in [0.717, 1.165) is 7.11 Å². The molecule has 35 heavy (non-hydrogen) atoms. The number of methoxy groups -OCH3 is 1. The Kier molecular flexibility index (Phi) is 6.09. The number of carbonyl (C=O) groups is 3. The van der Waals surface area contributed by atoms with E-state index in [9.17, 15) is 28.7 Å². The molecule has 1 N–H and O–H groups in total. The molecule has 0 aromatic heterocycles. The first-order valence-electron chi connectivity index (χ1n) is 10.6. The number of ether oxygens (including phenoxy) is 2. The highest BCUT2D eigenvalue weighted by Gasteiger charge is 2.77. The van der Waals surface area contributed by atoms with Crippen LogP contribution in [-0.2, 0) is 35.5 Å². The number of carbonyl (C=O) groups excluding carboxylic acids is 3. The van der Waals surface area contributed by atoms with Gasteiger partial charge >= 0.3 is 5.97 Å². The molecule has 0 unspecified atom stereocenters. The predicted octanol–water partition coefficient (Wildman–Crippen LogP) is 1.24. The fraction of sp³-hybridized carbons (Fsp3) is 0.348. The van der Waals surface area contributed by atoms with Gasteiger partial charge in [-0.25, -0.2) is 4.79 Å². The van der Waals surface area contributed by atoms with E-state index < -0.39 is 55.2 Å². The number of nitrogens with zero attached hydrogens (tertiary/aromatic N) is 2. The molecule has 2 amide bonds. The maximum Gasteiger partial charge on any atom is 0.338 e. The molecule has 0 radical (unpaired) electrons. The summed E-state index contributed by atoms with van der Waals surface area (Å²) in [5.41, 5.74) is -1.80. The molecule has 0 saturated carbocycles. The third-order valence-electron chi connectivity index (χ3n) is 6.40. The van der Waals surface area contributed by atoms with Crippen molar-refractivity contribution in [1.29, 1.82) is 0 Å². The summed E-state index contributed by atoms with van der Waals surface area (Å²) in [4.78, 5) is 50.7. The van der Waals surface area contributed by atoms with Crippen molar-refractivity contribution in [1.82, 2.24) is 10.2 Å². The van der Waals surface area contributed by atoms with E-state index >= 15 is 0 Å². The second-order valence-electron chi connectivity index (χ2n) is 8.56. The van der Waals surface area contributed by atoms with Crippen LogP contribution in [-0.4, -0.2) is 61.7 Å². The number of β-lactam (4-membered cyclic amide) rings is 1. The van der Waals surface area contributed by atoms with Gasteiger partial charge < -0.3 is 19.7 Å². The number of nitro benzene ring substituents is 1. The van der Waals surface area contributed by atoms with Crippen molar-refractivity contribution in [2.75, 3.05) is 13.7 Å². The van der Waals surface area contributed by atoms with E-state index in [-0.39, 0.29) is 17.9 Å². The van der Waals surface area contributed by atoms with Crippen LogP contribution >= 0.6 is 0 Å². The molecule has 4 rings (SSSR count). The first-order chi connectivity index (χ1) is 16.6. The summed E-state index contributed by atoms with van der Waals surface area (Å²) in [6.45, 7) is 2.76. The summed E-state index contributed by atoms with van der Waals surface area (Å²) in [6.07, 6.45) is 0. The van der Waals surface area contributed by atoms with Crippen molar-refractivity contribution in [3.8, 4) is 5.75 Å². The quantitative estimate of drug-likeness (QED) is 0.258. The van der Waals surface area contributed by atoms with Gasteiger partial charge in [-0.2, -0.15) is 0 Å². The lowest BCUT2D eigenvalue weighted by atomic mass is 9.75. The summed E-state index contributed by atoms with van der Waals surface area (Å²) >= 11 is 0.